The summed E-state index contributed by atoms with van der Waals surface area (Å²) in [5.74, 6) is 2.56. The molecule has 1 N–H and O–H groups in total. The molecular formula is C15H14N4O. The number of ether oxygens (including phenoxy) is 1. The van der Waals surface area contributed by atoms with Crippen LogP contribution in [-0.2, 0) is 0 Å². The molecular weight excluding hydrogens is 252 g/mol. The normalized spacial score (nSPS) is 10.5. The lowest BCUT2D eigenvalue weighted by atomic mass is 10.2. The number of para-hydroxylation sites is 1. The number of pyridine rings is 1. The predicted molar refractivity (Wildman–Crippen MR) is 78.1 cm³/mol. The van der Waals surface area contributed by atoms with Crippen molar-refractivity contribution in [2.24, 2.45) is 0 Å². The van der Waals surface area contributed by atoms with Gasteiger partial charge in [0.25, 0.3) is 0 Å². The Labute approximate surface area is 116 Å². The third-order valence-corrected chi connectivity index (χ3v) is 2.88. The van der Waals surface area contributed by atoms with E-state index in [1.165, 1.54) is 0 Å². The van der Waals surface area contributed by atoms with E-state index in [2.05, 4.69) is 20.3 Å². The second-order valence-electron chi connectivity index (χ2n) is 4.32. The number of aromatic nitrogens is 3. The summed E-state index contributed by atoms with van der Waals surface area (Å²) in [5.41, 5.74) is 0.817. The summed E-state index contributed by atoms with van der Waals surface area (Å²) >= 11 is 0. The number of aryl methyl sites for hydroxylation is 1. The molecule has 3 aromatic rings. The van der Waals surface area contributed by atoms with Crippen molar-refractivity contribution in [1.82, 2.24) is 15.0 Å². The van der Waals surface area contributed by atoms with E-state index in [1.807, 2.05) is 44.3 Å². The molecule has 0 unspecified atom stereocenters. The molecule has 0 radical (unpaired) electrons. The Balaban J connectivity index is 2.03. The van der Waals surface area contributed by atoms with Crippen LogP contribution in [0.1, 0.15) is 5.82 Å². The van der Waals surface area contributed by atoms with Crippen LogP contribution in [0.25, 0.3) is 10.9 Å². The second-order valence-corrected chi connectivity index (χ2v) is 4.32. The van der Waals surface area contributed by atoms with Gasteiger partial charge in [-0.15, -0.1) is 0 Å². The molecule has 2 heterocycles. The maximum Gasteiger partial charge on any atom is 0.224 e. The number of benzene rings is 1. The van der Waals surface area contributed by atoms with Crippen molar-refractivity contribution in [2.75, 3.05) is 12.4 Å². The summed E-state index contributed by atoms with van der Waals surface area (Å²) in [7, 11) is 1.81. The Morgan fingerprint density at radius 1 is 1.10 bits per heavy atom. The molecule has 3 rings (SSSR count). The highest BCUT2D eigenvalue weighted by molar-refractivity contribution is 5.84. The van der Waals surface area contributed by atoms with Crippen molar-refractivity contribution in [3.8, 4) is 11.6 Å². The van der Waals surface area contributed by atoms with E-state index >= 15 is 0 Å². The first-order chi connectivity index (χ1) is 9.76. The Kier molecular flexibility index (Phi) is 3.16. The topological polar surface area (TPSA) is 59.9 Å². The quantitative estimate of drug-likeness (QED) is 0.789. The average Bonchev–Trinajstić information content (AvgIpc) is 2.47. The molecule has 0 aliphatic carbocycles. The maximum atomic E-state index is 5.86. The van der Waals surface area contributed by atoms with Gasteiger partial charge in [-0.3, -0.25) is 4.98 Å². The van der Waals surface area contributed by atoms with Crippen LogP contribution in [0.15, 0.2) is 42.6 Å². The molecule has 0 atom stereocenters. The Morgan fingerprint density at radius 3 is 2.80 bits per heavy atom. The maximum absolute atomic E-state index is 5.86. The minimum Gasteiger partial charge on any atom is -0.437 e. The predicted octanol–water partition coefficient (Wildman–Crippen LogP) is 3.17. The number of nitrogens with zero attached hydrogens (tertiary/aromatic N) is 3. The second kappa shape index (κ2) is 5.13. The van der Waals surface area contributed by atoms with Gasteiger partial charge in [-0.2, -0.15) is 4.98 Å². The molecule has 0 amide bonds. The summed E-state index contributed by atoms with van der Waals surface area (Å²) in [6, 6.07) is 11.5. The molecule has 0 aliphatic heterocycles. The van der Waals surface area contributed by atoms with Crippen molar-refractivity contribution >= 4 is 16.7 Å². The number of hydrogen-bond donors (Lipinski definition) is 1. The van der Waals surface area contributed by atoms with Gasteiger partial charge >= 0.3 is 0 Å². The minimum absolute atomic E-state index is 0.500. The molecule has 5 heteroatoms. The third kappa shape index (κ3) is 2.38. The molecule has 0 fully saturated rings. The zero-order valence-corrected chi connectivity index (χ0v) is 11.3. The number of hydrogen-bond acceptors (Lipinski definition) is 5. The van der Waals surface area contributed by atoms with Gasteiger partial charge < -0.3 is 10.1 Å². The Bertz CT molecular complexity index is 752. The largest absolute Gasteiger partial charge is 0.437 e. The molecule has 0 bridgehead atoms. The Morgan fingerprint density at radius 2 is 1.95 bits per heavy atom. The van der Waals surface area contributed by atoms with Crippen molar-refractivity contribution in [1.29, 1.82) is 0 Å². The fourth-order valence-corrected chi connectivity index (χ4v) is 1.99. The monoisotopic (exact) mass is 266 g/mol. The van der Waals surface area contributed by atoms with Crippen molar-refractivity contribution in [3.63, 3.8) is 0 Å². The van der Waals surface area contributed by atoms with Crippen LogP contribution in [0.3, 0.4) is 0 Å². The zero-order chi connectivity index (χ0) is 13.9. The van der Waals surface area contributed by atoms with Gasteiger partial charge in [-0.1, -0.05) is 18.2 Å². The number of anilines is 1. The lowest BCUT2D eigenvalue weighted by Crippen LogP contribution is -1.99. The van der Waals surface area contributed by atoms with E-state index in [4.69, 9.17) is 4.74 Å². The smallest absolute Gasteiger partial charge is 0.224 e. The Hall–Kier alpha value is -2.69. The summed E-state index contributed by atoms with van der Waals surface area (Å²) < 4.78 is 5.86. The van der Waals surface area contributed by atoms with Crippen LogP contribution in [0, 0.1) is 6.92 Å². The van der Waals surface area contributed by atoms with Crippen LogP contribution in [-0.4, -0.2) is 22.0 Å². The van der Waals surface area contributed by atoms with Crippen molar-refractivity contribution in [2.45, 2.75) is 6.92 Å². The van der Waals surface area contributed by atoms with Crippen LogP contribution in [0.4, 0.5) is 5.82 Å². The number of rotatable bonds is 3. The molecule has 5 nitrogen and oxygen atoms in total. The van der Waals surface area contributed by atoms with E-state index < -0.39 is 0 Å². The molecule has 0 aliphatic rings. The highest BCUT2D eigenvalue weighted by Gasteiger charge is 2.07. The summed E-state index contributed by atoms with van der Waals surface area (Å²) in [6.45, 7) is 1.83. The SMILES string of the molecule is CNc1cc(Oc2cccc3cccnc23)nc(C)n1. The average molecular weight is 266 g/mol. The summed E-state index contributed by atoms with van der Waals surface area (Å²) in [4.78, 5) is 12.9. The summed E-state index contributed by atoms with van der Waals surface area (Å²) in [6.07, 6.45) is 1.75. The van der Waals surface area contributed by atoms with E-state index in [0.717, 1.165) is 16.7 Å². The van der Waals surface area contributed by atoms with E-state index in [-0.39, 0.29) is 0 Å². The molecule has 20 heavy (non-hydrogen) atoms. The lowest BCUT2D eigenvalue weighted by Gasteiger charge is -2.09. The van der Waals surface area contributed by atoms with Gasteiger partial charge in [0.15, 0.2) is 5.75 Å². The van der Waals surface area contributed by atoms with Crippen molar-refractivity contribution in [3.05, 3.63) is 48.4 Å². The highest BCUT2D eigenvalue weighted by Crippen LogP contribution is 2.27. The standard InChI is InChI=1S/C15H14N4O/c1-10-18-13(16-2)9-14(19-10)20-12-7-3-5-11-6-4-8-17-15(11)12/h3-9H,1-2H3,(H,16,18,19). The molecule has 0 saturated heterocycles. The fraction of sp³-hybridized carbons (Fsp3) is 0.133. The van der Waals surface area contributed by atoms with E-state index in [0.29, 0.717) is 17.5 Å². The first-order valence-electron chi connectivity index (χ1n) is 6.31. The van der Waals surface area contributed by atoms with Gasteiger partial charge in [0.1, 0.15) is 17.2 Å². The molecule has 0 saturated carbocycles. The molecule has 1 aromatic carbocycles. The molecule has 0 spiro atoms. The molecule has 100 valence electrons. The highest BCUT2D eigenvalue weighted by atomic mass is 16.5. The van der Waals surface area contributed by atoms with Gasteiger partial charge in [0.05, 0.1) is 0 Å². The van der Waals surface area contributed by atoms with Crippen LogP contribution in [0.5, 0.6) is 11.6 Å². The molecule has 2 aromatic heterocycles. The summed E-state index contributed by atoms with van der Waals surface area (Å²) in [5, 5.41) is 4.02. The van der Waals surface area contributed by atoms with Crippen LogP contribution >= 0.6 is 0 Å². The van der Waals surface area contributed by atoms with E-state index in [1.54, 1.807) is 12.3 Å². The fourth-order valence-electron chi connectivity index (χ4n) is 1.99. The first kappa shape index (κ1) is 12.3. The number of fused-ring (bicyclic) bond motifs is 1. The minimum atomic E-state index is 0.500. The lowest BCUT2D eigenvalue weighted by molar-refractivity contribution is 0.464. The van der Waals surface area contributed by atoms with Gasteiger partial charge in [-0.25, -0.2) is 4.98 Å². The third-order valence-electron chi connectivity index (χ3n) is 2.88. The van der Waals surface area contributed by atoms with Crippen LogP contribution < -0.4 is 10.1 Å². The van der Waals surface area contributed by atoms with Gasteiger partial charge in [0.2, 0.25) is 5.88 Å². The van der Waals surface area contributed by atoms with Crippen molar-refractivity contribution < 1.29 is 4.74 Å². The zero-order valence-electron chi connectivity index (χ0n) is 11.3. The van der Waals surface area contributed by atoms with Gasteiger partial charge in [-0.05, 0) is 19.1 Å². The van der Waals surface area contributed by atoms with Crippen LogP contribution in [0.2, 0.25) is 0 Å². The van der Waals surface area contributed by atoms with Gasteiger partial charge in [0, 0.05) is 24.7 Å². The number of nitrogens with one attached hydrogen (secondary N) is 1. The first-order valence-corrected chi connectivity index (χ1v) is 6.31. The van der Waals surface area contributed by atoms with E-state index in [9.17, 15) is 0 Å².